The molecule has 0 bridgehead atoms. The van der Waals surface area contributed by atoms with Crippen LogP contribution in [0.25, 0.3) is 78.7 Å². The summed E-state index contributed by atoms with van der Waals surface area (Å²) in [6, 6.07) is 62.1. The van der Waals surface area contributed by atoms with Gasteiger partial charge < -0.3 is 0 Å². The van der Waals surface area contributed by atoms with Crippen molar-refractivity contribution in [2.24, 2.45) is 0 Å². The van der Waals surface area contributed by atoms with Crippen LogP contribution < -0.4 is 0 Å². The Labute approximate surface area is 299 Å². The second-order valence-electron chi connectivity index (χ2n) is 13.7. The number of benzene rings is 7. The number of nitrogens with zero attached hydrogens (tertiary/aromatic N) is 3. The van der Waals surface area contributed by atoms with Gasteiger partial charge in [-0.25, -0.2) is 15.0 Å². The van der Waals surface area contributed by atoms with Crippen LogP contribution in [-0.4, -0.2) is 15.0 Å². The molecule has 0 N–H and O–H groups in total. The van der Waals surface area contributed by atoms with Gasteiger partial charge in [0.15, 0.2) is 17.5 Å². The van der Waals surface area contributed by atoms with Crippen molar-refractivity contribution in [3.63, 3.8) is 0 Å². The zero-order valence-electron chi connectivity index (χ0n) is 28.6. The van der Waals surface area contributed by atoms with Gasteiger partial charge in [0.25, 0.3) is 0 Å². The van der Waals surface area contributed by atoms with E-state index in [2.05, 4.69) is 129 Å². The molecular formula is C48H35N3. The van der Waals surface area contributed by atoms with Crippen LogP contribution >= 0.6 is 0 Å². The molecule has 3 nitrogen and oxygen atoms in total. The van der Waals surface area contributed by atoms with Gasteiger partial charge in [-0.3, -0.25) is 0 Å². The molecule has 242 valence electrons. The highest BCUT2D eigenvalue weighted by Gasteiger charge is 2.35. The molecule has 0 spiro atoms. The van der Waals surface area contributed by atoms with Gasteiger partial charge in [0, 0.05) is 22.1 Å². The summed E-state index contributed by atoms with van der Waals surface area (Å²) in [4.78, 5) is 14.8. The largest absolute Gasteiger partial charge is 0.208 e. The molecule has 0 saturated heterocycles. The Balaban J connectivity index is 1.07. The van der Waals surface area contributed by atoms with Crippen molar-refractivity contribution < 1.29 is 0 Å². The van der Waals surface area contributed by atoms with Crippen LogP contribution in [0.5, 0.6) is 0 Å². The van der Waals surface area contributed by atoms with E-state index in [4.69, 9.17) is 15.0 Å². The third kappa shape index (κ3) is 5.63. The SMILES string of the molecule is CC1(C)c2cc(-c3ccccc3)ccc2-c2ccc(-c3cccc(-c4cccc(-c5nc(-c6ccccc6)nc(-c6ccccc6)n5)c4)c3)cc21. The lowest BCUT2D eigenvalue weighted by molar-refractivity contribution is 0.661. The second-order valence-corrected chi connectivity index (χ2v) is 13.7. The van der Waals surface area contributed by atoms with Gasteiger partial charge in [0.2, 0.25) is 0 Å². The first-order valence-corrected chi connectivity index (χ1v) is 17.4. The normalized spacial score (nSPS) is 12.7. The fraction of sp³-hybridized carbons (Fsp3) is 0.0625. The lowest BCUT2D eigenvalue weighted by atomic mass is 9.80. The highest BCUT2D eigenvalue weighted by atomic mass is 15.0. The van der Waals surface area contributed by atoms with Gasteiger partial charge in [-0.1, -0.05) is 166 Å². The molecule has 0 saturated carbocycles. The summed E-state index contributed by atoms with van der Waals surface area (Å²) in [5, 5.41) is 0. The second kappa shape index (κ2) is 12.5. The van der Waals surface area contributed by atoms with Gasteiger partial charge in [-0.05, 0) is 79.9 Å². The van der Waals surface area contributed by atoms with E-state index in [9.17, 15) is 0 Å². The van der Waals surface area contributed by atoms with Crippen LogP contribution in [0.3, 0.4) is 0 Å². The average Bonchev–Trinajstić information content (AvgIpc) is 3.43. The van der Waals surface area contributed by atoms with E-state index >= 15 is 0 Å². The third-order valence-corrected chi connectivity index (χ3v) is 10.1. The van der Waals surface area contributed by atoms with Crippen molar-refractivity contribution >= 4 is 0 Å². The molecule has 1 aliphatic carbocycles. The topological polar surface area (TPSA) is 38.7 Å². The number of hydrogen-bond acceptors (Lipinski definition) is 3. The first-order chi connectivity index (χ1) is 25.0. The molecule has 9 rings (SSSR count). The molecule has 0 atom stereocenters. The van der Waals surface area contributed by atoms with E-state index in [1.807, 2.05) is 60.7 Å². The lowest BCUT2D eigenvalue weighted by Gasteiger charge is -2.22. The summed E-state index contributed by atoms with van der Waals surface area (Å²) in [6.07, 6.45) is 0. The minimum atomic E-state index is -0.112. The zero-order chi connectivity index (χ0) is 34.4. The standard InChI is InChI=1S/C48H35N3/c1-48(2)43-30-38(32-14-6-3-7-15-32)24-26-41(43)42-27-25-39(31-44(42)48)36-21-12-20-35(28-36)37-22-13-23-40(29-37)47-50-45(33-16-8-4-9-17-33)49-46(51-47)34-18-10-5-11-19-34/h3-31H,1-2H3. The van der Waals surface area contributed by atoms with Crippen LogP contribution in [0.15, 0.2) is 176 Å². The van der Waals surface area contributed by atoms with Crippen molar-refractivity contribution in [3.8, 4) is 78.7 Å². The predicted octanol–water partition coefficient (Wildman–Crippen LogP) is 12.2. The van der Waals surface area contributed by atoms with Gasteiger partial charge >= 0.3 is 0 Å². The Morgan fingerprint density at radius 2 is 0.627 bits per heavy atom. The molecule has 8 aromatic rings. The van der Waals surface area contributed by atoms with E-state index in [0.717, 1.165) is 27.8 Å². The maximum Gasteiger partial charge on any atom is 0.164 e. The molecule has 0 aliphatic heterocycles. The smallest absolute Gasteiger partial charge is 0.164 e. The summed E-state index contributed by atoms with van der Waals surface area (Å²) in [7, 11) is 0. The van der Waals surface area contributed by atoms with Crippen LogP contribution in [-0.2, 0) is 5.41 Å². The Morgan fingerprint density at radius 1 is 0.294 bits per heavy atom. The van der Waals surface area contributed by atoms with E-state index in [-0.39, 0.29) is 5.41 Å². The monoisotopic (exact) mass is 653 g/mol. The molecule has 3 heteroatoms. The summed E-state index contributed by atoms with van der Waals surface area (Å²) >= 11 is 0. The van der Waals surface area contributed by atoms with E-state index < -0.39 is 0 Å². The Kier molecular flexibility index (Phi) is 7.48. The lowest BCUT2D eigenvalue weighted by Crippen LogP contribution is -2.15. The van der Waals surface area contributed by atoms with Crippen molar-refractivity contribution in [1.82, 2.24) is 15.0 Å². The first-order valence-electron chi connectivity index (χ1n) is 17.4. The Morgan fingerprint density at radius 3 is 1.10 bits per heavy atom. The molecule has 1 aliphatic rings. The molecule has 0 fully saturated rings. The summed E-state index contributed by atoms with van der Waals surface area (Å²) in [5.41, 5.74) is 15.3. The zero-order valence-corrected chi connectivity index (χ0v) is 28.6. The molecule has 7 aromatic carbocycles. The van der Waals surface area contributed by atoms with Gasteiger partial charge in [-0.2, -0.15) is 0 Å². The summed E-state index contributed by atoms with van der Waals surface area (Å²) in [6.45, 7) is 4.71. The van der Waals surface area contributed by atoms with Crippen LogP contribution in [0.2, 0.25) is 0 Å². The Bertz CT molecular complexity index is 2480. The van der Waals surface area contributed by atoms with E-state index in [1.54, 1.807) is 0 Å². The minimum absolute atomic E-state index is 0.112. The van der Waals surface area contributed by atoms with E-state index in [0.29, 0.717) is 17.5 Å². The van der Waals surface area contributed by atoms with Crippen LogP contribution in [0, 0.1) is 0 Å². The molecule has 1 aromatic heterocycles. The number of hydrogen-bond donors (Lipinski definition) is 0. The average molecular weight is 654 g/mol. The van der Waals surface area contributed by atoms with Crippen molar-refractivity contribution in [1.29, 1.82) is 0 Å². The fourth-order valence-corrected chi connectivity index (χ4v) is 7.38. The van der Waals surface area contributed by atoms with Gasteiger partial charge in [0.05, 0.1) is 0 Å². The van der Waals surface area contributed by atoms with Crippen LogP contribution in [0.4, 0.5) is 0 Å². The molecule has 1 heterocycles. The number of aromatic nitrogens is 3. The molecule has 0 unspecified atom stereocenters. The summed E-state index contributed by atoms with van der Waals surface area (Å²) in [5.74, 6) is 1.96. The van der Waals surface area contributed by atoms with Crippen LogP contribution in [0.1, 0.15) is 25.0 Å². The molecule has 0 radical (unpaired) electrons. The molecular weight excluding hydrogens is 619 g/mol. The quantitative estimate of drug-likeness (QED) is 0.179. The maximum atomic E-state index is 4.96. The van der Waals surface area contributed by atoms with Crippen molar-refractivity contribution in [3.05, 3.63) is 187 Å². The number of rotatable bonds is 6. The highest BCUT2D eigenvalue weighted by Crippen LogP contribution is 2.50. The molecule has 51 heavy (non-hydrogen) atoms. The van der Waals surface area contributed by atoms with Crippen molar-refractivity contribution in [2.75, 3.05) is 0 Å². The van der Waals surface area contributed by atoms with E-state index in [1.165, 1.54) is 44.5 Å². The number of fused-ring (bicyclic) bond motifs is 3. The van der Waals surface area contributed by atoms with Gasteiger partial charge in [-0.15, -0.1) is 0 Å². The fourth-order valence-electron chi connectivity index (χ4n) is 7.38. The highest BCUT2D eigenvalue weighted by molar-refractivity contribution is 5.86. The predicted molar refractivity (Wildman–Crippen MR) is 210 cm³/mol. The first kappa shape index (κ1) is 30.6. The summed E-state index contributed by atoms with van der Waals surface area (Å²) < 4.78 is 0. The maximum absolute atomic E-state index is 4.96. The van der Waals surface area contributed by atoms with Crippen molar-refractivity contribution in [2.45, 2.75) is 19.3 Å². The third-order valence-electron chi connectivity index (χ3n) is 10.1. The molecule has 0 amide bonds. The van der Waals surface area contributed by atoms with Gasteiger partial charge in [0.1, 0.15) is 0 Å². The minimum Gasteiger partial charge on any atom is -0.208 e. The Hall–Kier alpha value is -6.45.